The SMILES string of the molecule is Cc1ccc(CNC(=O)c2noc3c2CN(C(=S)Nc2c(F)c(F)c(F)c(F)c2F)CC3)o1. The molecular weight excluding hydrogens is 471 g/mol. The van der Waals surface area contributed by atoms with Crippen molar-refractivity contribution in [1.82, 2.24) is 15.4 Å². The van der Waals surface area contributed by atoms with Crippen molar-refractivity contribution >= 4 is 28.9 Å². The molecule has 0 saturated carbocycles. The van der Waals surface area contributed by atoms with Gasteiger partial charge in [-0.2, -0.15) is 0 Å². The van der Waals surface area contributed by atoms with Crippen molar-refractivity contribution < 1.29 is 35.7 Å². The predicted octanol–water partition coefficient (Wildman–Crippen LogP) is 3.96. The molecule has 1 amide bonds. The molecular formula is C20H15F5N4O3S. The van der Waals surface area contributed by atoms with Crippen LogP contribution in [0.15, 0.2) is 21.1 Å². The number of nitrogens with zero attached hydrogens (tertiary/aromatic N) is 2. The van der Waals surface area contributed by atoms with E-state index in [0.29, 0.717) is 22.8 Å². The topological polar surface area (TPSA) is 83.5 Å². The van der Waals surface area contributed by atoms with E-state index in [1.54, 1.807) is 19.1 Å². The Bertz CT molecular complexity index is 1230. The number of furan rings is 1. The quantitative estimate of drug-likeness (QED) is 0.250. The van der Waals surface area contributed by atoms with Crippen molar-refractivity contribution in [1.29, 1.82) is 0 Å². The molecule has 1 aromatic carbocycles. The molecule has 1 aliphatic heterocycles. The lowest BCUT2D eigenvalue weighted by molar-refractivity contribution is 0.0937. The Kier molecular flexibility index (Phi) is 6.06. The van der Waals surface area contributed by atoms with Gasteiger partial charge >= 0.3 is 0 Å². The van der Waals surface area contributed by atoms with Crippen LogP contribution in [-0.4, -0.2) is 27.6 Å². The van der Waals surface area contributed by atoms with Crippen LogP contribution < -0.4 is 10.6 Å². The van der Waals surface area contributed by atoms with Gasteiger partial charge in [-0.05, 0) is 31.3 Å². The van der Waals surface area contributed by atoms with Crippen LogP contribution in [0.2, 0.25) is 0 Å². The van der Waals surface area contributed by atoms with Crippen molar-refractivity contribution in [3.05, 3.63) is 69.8 Å². The molecule has 2 N–H and O–H groups in total. The van der Waals surface area contributed by atoms with E-state index in [9.17, 15) is 26.7 Å². The summed E-state index contributed by atoms with van der Waals surface area (Å²) in [6.45, 7) is 2.02. The number of hydrogen-bond donors (Lipinski definition) is 2. The Morgan fingerprint density at radius 2 is 1.79 bits per heavy atom. The lowest BCUT2D eigenvalue weighted by Gasteiger charge is -2.29. The first-order chi connectivity index (χ1) is 15.7. The number of amides is 1. The Morgan fingerprint density at radius 3 is 2.42 bits per heavy atom. The first-order valence-corrected chi connectivity index (χ1v) is 9.96. The molecule has 0 spiro atoms. The second-order valence-corrected chi connectivity index (χ2v) is 7.56. The summed E-state index contributed by atoms with van der Waals surface area (Å²) in [7, 11) is 0. The lowest BCUT2D eigenvalue weighted by atomic mass is 10.1. The largest absolute Gasteiger partial charge is 0.465 e. The Morgan fingerprint density at radius 1 is 1.12 bits per heavy atom. The second-order valence-electron chi connectivity index (χ2n) is 7.17. The molecule has 13 heteroatoms. The molecule has 4 rings (SSSR count). The zero-order chi connectivity index (χ0) is 23.9. The predicted molar refractivity (Wildman–Crippen MR) is 108 cm³/mol. The Hall–Kier alpha value is -3.48. The fraction of sp³-hybridized carbons (Fsp3) is 0.250. The monoisotopic (exact) mass is 486 g/mol. The van der Waals surface area contributed by atoms with Gasteiger partial charge in [-0.1, -0.05) is 5.16 Å². The molecule has 3 heterocycles. The van der Waals surface area contributed by atoms with Crippen molar-refractivity contribution in [3.8, 4) is 0 Å². The molecule has 1 aliphatic rings. The minimum Gasteiger partial charge on any atom is -0.465 e. The van der Waals surface area contributed by atoms with Crippen molar-refractivity contribution in [2.75, 3.05) is 11.9 Å². The Labute approximate surface area is 188 Å². The van der Waals surface area contributed by atoms with E-state index in [0.717, 1.165) is 0 Å². The van der Waals surface area contributed by atoms with Crippen molar-refractivity contribution in [2.24, 2.45) is 0 Å². The van der Waals surface area contributed by atoms with Gasteiger partial charge in [0.1, 0.15) is 23.0 Å². The molecule has 0 bridgehead atoms. The third-order valence-electron chi connectivity index (χ3n) is 4.99. The van der Waals surface area contributed by atoms with Gasteiger partial charge in [-0.15, -0.1) is 0 Å². The van der Waals surface area contributed by atoms with Crippen LogP contribution in [0.3, 0.4) is 0 Å². The number of anilines is 1. The number of thiocarbonyl (C=S) groups is 1. The maximum atomic E-state index is 14.0. The third kappa shape index (κ3) is 4.27. The average molecular weight is 486 g/mol. The number of aryl methyl sites for hydroxylation is 1. The molecule has 33 heavy (non-hydrogen) atoms. The van der Waals surface area contributed by atoms with Crippen LogP contribution in [0.4, 0.5) is 27.6 Å². The number of rotatable bonds is 4. The highest BCUT2D eigenvalue weighted by atomic mass is 32.1. The van der Waals surface area contributed by atoms with Gasteiger partial charge in [0.15, 0.2) is 34.1 Å². The minimum atomic E-state index is -2.27. The summed E-state index contributed by atoms with van der Waals surface area (Å²) >= 11 is 5.10. The van der Waals surface area contributed by atoms with Crippen LogP contribution in [0.1, 0.15) is 33.3 Å². The van der Waals surface area contributed by atoms with E-state index >= 15 is 0 Å². The number of benzene rings is 1. The lowest BCUT2D eigenvalue weighted by Crippen LogP contribution is -2.39. The summed E-state index contributed by atoms with van der Waals surface area (Å²) in [5.41, 5.74) is -0.896. The molecule has 0 fully saturated rings. The van der Waals surface area contributed by atoms with Gasteiger partial charge in [0.2, 0.25) is 5.82 Å². The highest BCUT2D eigenvalue weighted by Crippen LogP contribution is 2.28. The normalized spacial score (nSPS) is 13.1. The minimum absolute atomic E-state index is 0.0167. The van der Waals surface area contributed by atoms with Gasteiger partial charge < -0.3 is 24.5 Å². The molecule has 174 valence electrons. The van der Waals surface area contributed by atoms with Crippen LogP contribution in [0.5, 0.6) is 0 Å². The molecule has 0 aliphatic carbocycles. The van der Waals surface area contributed by atoms with Gasteiger partial charge in [-0.3, -0.25) is 4.79 Å². The zero-order valence-electron chi connectivity index (χ0n) is 16.9. The maximum Gasteiger partial charge on any atom is 0.274 e. The number of carbonyl (C=O) groups is 1. The number of carbonyl (C=O) groups excluding carboxylic acids is 1. The van der Waals surface area contributed by atoms with Gasteiger partial charge in [0.25, 0.3) is 5.91 Å². The molecule has 0 radical (unpaired) electrons. The summed E-state index contributed by atoms with van der Waals surface area (Å²) < 4.78 is 78.7. The smallest absolute Gasteiger partial charge is 0.274 e. The number of nitrogens with one attached hydrogen (secondary N) is 2. The highest BCUT2D eigenvalue weighted by molar-refractivity contribution is 7.80. The number of fused-ring (bicyclic) bond motifs is 1. The van der Waals surface area contributed by atoms with Gasteiger partial charge in [0, 0.05) is 18.5 Å². The fourth-order valence-corrected chi connectivity index (χ4v) is 3.55. The molecule has 0 saturated heterocycles. The number of halogens is 5. The Balaban J connectivity index is 1.48. The maximum absolute atomic E-state index is 14.0. The zero-order valence-corrected chi connectivity index (χ0v) is 17.7. The summed E-state index contributed by atoms with van der Waals surface area (Å²) in [6.07, 6.45) is 0.242. The van der Waals surface area contributed by atoms with Gasteiger partial charge in [0.05, 0.1) is 13.1 Å². The van der Waals surface area contributed by atoms with Crippen LogP contribution in [0.25, 0.3) is 0 Å². The van der Waals surface area contributed by atoms with E-state index in [4.69, 9.17) is 21.2 Å². The molecule has 7 nitrogen and oxygen atoms in total. The van der Waals surface area contributed by atoms with E-state index in [-0.39, 0.29) is 36.9 Å². The van der Waals surface area contributed by atoms with Crippen LogP contribution in [-0.2, 0) is 19.5 Å². The average Bonchev–Trinajstić information content (AvgIpc) is 3.43. The molecule has 0 atom stereocenters. The van der Waals surface area contributed by atoms with Crippen molar-refractivity contribution in [2.45, 2.75) is 26.4 Å². The summed E-state index contributed by atoms with van der Waals surface area (Å²) in [5.74, 6) is -9.44. The summed E-state index contributed by atoms with van der Waals surface area (Å²) in [4.78, 5) is 13.9. The van der Waals surface area contributed by atoms with Crippen LogP contribution >= 0.6 is 12.2 Å². The van der Waals surface area contributed by atoms with E-state index < -0.39 is 40.7 Å². The number of aromatic nitrogens is 1. The molecule has 3 aromatic rings. The summed E-state index contributed by atoms with van der Waals surface area (Å²) in [5, 5.41) is 8.20. The highest BCUT2D eigenvalue weighted by Gasteiger charge is 2.31. The van der Waals surface area contributed by atoms with Crippen LogP contribution in [0, 0.1) is 36.0 Å². The van der Waals surface area contributed by atoms with E-state index in [1.165, 1.54) is 4.90 Å². The summed E-state index contributed by atoms with van der Waals surface area (Å²) in [6, 6.07) is 3.45. The molecule has 2 aromatic heterocycles. The number of hydrogen-bond acceptors (Lipinski definition) is 5. The second kappa shape index (κ2) is 8.81. The van der Waals surface area contributed by atoms with Gasteiger partial charge in [-0.25, -0.2) is 22.0 Å². The van der Waals surface area contributed by atoms with Crippen molar-refractivity contribution in [3.63, 3.8) is 0 Å². The first-order valence-electron chi connectivity index (χ1n) is 9.55. The van der Waals surface area contributed by atoms with E-state index in [1.807, 2.05) is 0 Å². The first kappa shape index (κ1) is 22.7. The molecule has 0 unspecified atom stereocenters. The standard InChI is InChI=1S/C20H15F5N4O3S/c1-8-2-3-9(31-8)6-26-19(30)17-10-7-29(5-4-11(10)32-28-17)20(33)27-18-15(24)13(22)12(21)14(23)16(18)25/h2-3H,4-7H2,1H3,(H,26,30)(H,27,33). The fourth-order valence-electron chi connectivity index (χ4n) is 3.29. The third-order valence-corrected chi connectivity index (χ3v) is 5.35. The van der Waals surface area contributed by atoms with E-state index in [2.05, 4.69) is 15.8 Å².